The van der Waals surface area contributed by atoms with Crippen molar-refractivity contribution < 1.29 is 0 Å². The SMILES string of the molecule is Cc1ccccc1CCCCNC1CC1. The molecule has 1 aromatic carbocycles. The first-order valence-corrected chi connectivity index (χ1v) is 6.14. The molecule has 2 rings (SSSR count). The lowest BCUT2D eigenvalue weighted by atomic mass is 10.0. The van der Waals surface area contributed by atoms with Crippen molar-refractivity contribution in [1.82, 2.24) is 5.32 Å². The topological polar surface area (TPSA) is 12.0 Å². The van der Waals surface area contributed by atoms with Crippen LogP contribution in [0.1, 0.15) is 36.8 Å². The standard InChI is InChI=1S/C14H21N/c1-12-6-2-3-7-13(12)8-4-5-11-15-14-9-10-14/h2-3,6-7,14-15H,4-5,8-11H2,1H3. The van der Waals surface area contributed by atoms with Gasteiger partial charge in [0.25, 0.3) is 0 Å². The molecule has 0 aromatic heterocycles. The molecule has 15 heavy (non-hydrogen) atoms. The number of hydrogen-bond acceptors (Lipinski definition) is 1. The van der Waals surface area contributed by atoms with Gasteiger partial charge in [-0.2, -0.15) is 0 Å². The number of hydrogen-bond donors (Lipinski definition) is 1. The Labute approximate surface area is 92.9 Å². The highest BCUT2D eigenvalue weighted by molar-refractivity contribution is 5.25. The van der Waals surface area contributed by atoms with Crippen molar-refractivity contribution in [1.29, 1.82) is 0 Å². The number of nitrogens with one attached hydrogen (secondary N) is 1. The van der Waals surface area contributed by atoms with Gasteiger partial charge in [-0.25, -0.2) is 0 Å². The molecule has 0 aliphatic heterocycles. The molecular weight excluding hydrogens is 182 g/mol. The first-order chi connectivity index (χ1) is 7.36. The molecule has 0 atom stereocenters. The largest absolute Gasteiger partial charge is 0.314 e. The molecule has 0 unspecified atom stereocenters. The highest BCUT2D eigenvalue weighted by atomic mass is 14.9. The summed E-state index contributed by atoms with van der Waals surface area (Å²) in [5.74, 6) is 0. The smallest absolute Gasteiger partial charge is 0.00682 e. The summed E-state index contributed by atoms with van der Waals surface area (Å²) >= 11 is 0. The molecule has 0 bridgehead atoms. The Balaban J connectivity index is 1.62. The molecule has 1 N–H and O–H groups in total. The minimum absolute atomic E-state index is 0.864. The lowest BCUT2D eigenvalue weighted by Crippen LogP contribution is -2.17. The van der Waals surface area contributed by atoms with E-state index in [0.717, 1.165) is 6.04 Å². The van der Waals surface area contributed by atoms with Crippen LogP contribution in [0.5, 0.6) is 0 Å². The van der Waals surface area contributed by atoms with Crippen molar-refractivity contribution in [3.63, 3.8) is 0 Å². The van der Waals surface area contributed by atoms with E-state index in [0.29, 0.717) is 0 Å². The molecule has 1 aromatic rings. The van der Waals surface area contributed by atoms with Crippen LogP contribution in [-0.2, 0) is 6.42 Å². The van der Waals surface area contributed by atoms with Gasteiger partial charge < -0.3 is 5.32 Å². The zero-order valence-electron chi connectivity index (χ0n) is 9.63. The molecular formula is C14H21N. The van der Waals surface area contributed by atoms with E-state index in [-0.39, 0.29) is 0 Å². The van der Waals surface area contributed by atoms with E-state index in [1.165, 1.54) is 49.8 Å². The molecule has 0 heterocycles. The van der Waals surface area contributed by atoms with E-state index in [4.69, 9.17) is 0 Å². The van der Waals surface area contributed by atoms with Gasteiger partial charge in [0.2, 0.25) is 0 Å². The van der Waals surface area contributed by atoms with Crippen LogP contribution in [-0.4, -0.2) is 12.6 Å². The number of aryl methyl sites for hydroxylation is 2. The van der Waals surface area contributed by atoms with Gasteiger partial charge in [0.1, 0.15) is 0 Å². The van der Waals surface area contributed by atoms with Crippen molar-refractivity contribution in [2.45, 2.75) is 45.1 Å². The minimum Gasteiger partial charge on any atom is -0.314 e. The molecule has 1 nitrogen and oxygen atoms in total. The lowest BCUT2D eigenvalue weighted by Gasteiger charge is -2.05. The average Bonchev–Trinajstić information content (AvgIpc) is 3.04. The van der Waals surface area contributed by atoms with Crippen molar-refractivity contribution in [3.8, 4) is 0 Å². The number of rotatable bonds is 6. The van der Waals surface area contributed by atoms with Gasteiger partial charge in [-0.1, -0.05) is 24.3 Å². The summed E-state index contributed by atoms with van der Waals surface area (Å²) < 4.78 is 0. The molecule has 0 radical (unpaired) electrons. The molecule has 1 heteroatoms. The average molecular weight is 203 g/mol. The van der Waals surface area contributed by atoms with E-state index >= 15 is 0 Å². The molecule has 1 fully saturated rings. The number of benzene rings is 1. The number of unbranched alkanes of at least 4 members (excludes halogenated alkanes) is 1. The van der Waals surface area contributed by atoms with Gasteiger partial charge in [-0.05, 0) is 56.7 Å². The van der Waals surface area contributed by atoms with Gasteiger partial charge in [-0.3, -0.25) is 0 Å². The summed E-state index contributed by atoms with van der Waals surface area (Å²) in [5, 5.41) is 3.56. The monoisotopic (exact) mass is 203 g/mol. The molecule has 1 saturated carbocycles. The van der Waals surface area contributed by atoms with Crippen LogP contribution >= 0.6 is 0 Å². The Morgan fingerprint density at radius 1 is 1.20 bits per heavy atom. The van der Waals surface area contributed by atoms with Crippen molar-refractivity contribution >= 4 is 0 Å². The zero-order valence-corrected chi connectivity index (χ0v) is 9.63. The first kappa shape index (κ1) is 10.7. The Morgan fingerprint density at radius 2 is 2.00 bits per heavy atom. The lowest BCUT2D eigenvalue weighted by molar-refractivity contribution is 0.619. The fourth-order valence-corrected chi connectivity index (χ4v) is 1.92. The maximum Gasteiger partial charge on any atom is 0.00682 e. The maximum absolute atomic E-state index is 3.56. The van der Waals surface area contributed by atoms with Crippen molar-refractivity contribution in [2.75, 3.05) is 6.54 Å². The Kier molecular flexibility index (Phi) is 3.79. The second-order valence-corrected chi connectivity index (χ2v) is 4.61. The zero-order chi connectivity index (χ0) is 10.5. The first-order valence-electron chi connectivity index (χ1n) is 6.14. The molecule has 0 amide bonds. The second-order valence-electron chi connectivity index (χ2n) is 4.61. The van der Waals surface area contributed by atoms with Crippen molar-refractivity contribution in [3.05, 3.63) is 35.4 Å². The van der Waals surface area contributed by atoms with Crippen molar-refractivity contribution in [2.24, 2.45) is 0 Å². The van der Waals surface area contributed by atoms with Crippen LogP contribution in [0, 0.1) is 6.92 Å². The third-order valence-electron chi connectivity index (χ3n) is 3.14. The van der Waals surface area contributed by atoms with E-state index in [9.17, 15) is 0 Å². The van der Waals surface area contributed by atoms with Gasteiger partial charge in [0, 0.05) is 6.04 Å². The maximum atomic E-state index is 3.56. The van der Waals surface area contributed by atoms with Crippen LogP contribution in [0.2, 0.25) is 0 Å². The third kappa shape index (κ3) is 3.67. The van der Waals surface area contributed by atoms with Crippen LogP contribution in [0.15, 0.2) is 24.3 Å². The quantitative estimate of drug-likeness (QED) is 0.701. The molecule has 1 aliphatic rings. The summed E-state index contributed by atoms with van der Waals surface area (Å²) in [6.45, 7) is 3.41. The predicted octanol–water partition coefficient (Wildman–Crippen LogP) is 3.07. The second kappa shape index (κ2) is 5.32. The molecule has 82 valence electrons. The Hall–Kier alpha value is -0.820. The van der Waals surface area contributed by atoms with E-state index < -0.39 is 0 Å². The summed E-state index contributed by atoms with van der Waals surface area (Å²) in [5.41, 5.74) is 2.96. The summed E-state index contributed by atoms with van der Waals surface area (Å²) in [6, 6.07) is 9.59. The molecule has 1 aliphatic carbocycles. The third-order valence-corrected chi connectivity index (χ3v) is 3.14. The summed E-state index contributed by atoms with van der Waals surface area (Å²) in [7, 11) is 0. The van der Waals surface area contributed by atoms with Gasteiger partial charge in [0.15, 0.2) is 0 Å². The highest BCUT2D eigenvalue weighted by Gasteiger charge is 2.19. The van der Waals surface area contributed by atoms with E-state index in [1.807, 2.05) is 0 Å². The van der Waals surface area contributed by atoms with Crippen LogP contribution in [0.4, 0.5) is 0 Å². The fraction of sp³-hybridized carbons (Fsp3) is 0.571. The van der Waals surface area contributed by atoms with Gasteiger partial charge in [-0.15, -0.1) is 0 Å². The van der Waals surface area contributed by atoms with Gasteiger partial charge in [0.05, 0.1) is 0 Å². The predicted molar refractivity (Wildman–Crippen MR) is 65.1 cm³/mol. The Bertz CT molecular complexity index is 302. The van der Waals surface area contributed by atoms with Crippen LogP contribution in [0.25, 0.3) is 0 Å². The highest BCUT2D eigenvalue weighted by Crippen LogP contribution is 2.18. The summed E-state index contributed by atoms with van der Waals surface area (Å²) in [4.78, 5) is 0. The normalized spacial score (nSPS) is 15.5. The van der Waals surface area contributed by atoms with E-state index in [2.05, 4.69) is 36.5 Å². The minimum atomic E-state index is 0.864. The molecule has 0 saturated heterocycles. The summed E-state index contributed by atoms with van der Waals surface area (Å²) in [6.07, 6.45) is 6.66. The van der Waals surface area contributed by atoms with Gasteiger partial charge >= 0.3 is 0 Å². The molecule has 0 spiro atoms. The van der Waals surface area contributed by atoms with Crippen LogP contribution < -0.4 is 5.32 Å². The van der Waals surface area contributed by atoms with Crippen LogP contribution in [0.3, 0.4) is 0 Å². The Morgan fingerprint density at radius 3 is 2.73 bits per heavy atom. The van der Waals surface area contributed by atoms with E-state index in [1.54, 1.807) is 0 Å². The fourth-order valence-electron chi connectivity index (χ4n) is 1.92.